The van der Waals surface area contributed by atoms with E-state index < -0.39 is 0 Å². The molecule has 0 unspecified atom stereocenters. The lowest BCUT2D eigenvalue weighted by molar-refractivity contribution is -0.135. The summed E-state index contributed by atoms with van der Waals surface area (Å²) < 4.78 is 6.58. The van der Waals surface area contributed by atoms with Gasteiger partial charge in [-0.25, -0.2) is 0 Å². The van der Waals surface area contributed by atoms with E-state index in [1.54, 1.807) is 0 Å². The molecule has 27 heavy (non-hydrogen) atoms. The molecule has 0 radical (unpaired) electrons. The highest BCUT2D eigenvalue weighted by Crippen LogP contribution is 2.21. The number of amides is 2. The standard InChI is InChI=1S/C21H23BrN2O3/c22-17-5-4-8-19(15-17)27-14-11-20(25)24-12-9-16(10-13-24)21(26)23-18-6-2-1-3-7-18/h1-8,15-16H,9-14H2,(H,23,26). The van der Waals surface area contributed by atoms with Crippen molar-refractivity contribution in [2.45, 2.75) is 19.3 Å². The topological polar surface area (TPSA) is 58.6 Å². The number of halogens is 1. The Labute approximate surface area is 167 Å². The van der Waals surface area contributed by atoms with Gasteiger partial charge in [-0.15, -0.1) is 0 Å². The maximum Gasteiger partial charge on any atom is 0.227 e. The minimum Gasteiger partial charge on any atom is -0.493 e. The van der Waals surface area contributed by atoms with Crippen molar-refractivity contribution in [3.05, 3.63) is 59.1 Å². The van der Waals surface area contributed by atoms with E-state index in [9.17, 15) is 9.59 Å². The molecule has 142 valence electrons. The van der Waals surface area contributed by atoms with Gasteiger partial charge in [0.1, 0.15) is 5.75 Å². The van der Waals surface area contributed by atoms with Gasteiger partial charge >= 0.3 is 0 Å². The van der Waals surface area contributed by atoms with Gasteiger partial charge in [0.15, 0.2) is 0 Å². The van der Waals surface area contributed by atoms with Gasteiger partial charge in [-0.05, 0) is 43.2 Å². The number of rotatable bonds is 6. The molecule has 1 heterocycles. The molecule has 2 amide bonds. The van der Waals surface area contributed by atoms with Crippen molar-refractivity contribution in [1.82, 2.24) is 4.90 Å². The first-order valence-corrected chi connectivity index (χ1v) is 9.93. The number of hydrogen-bond acceptors (Lipinski definition) is 3. The average Bonchev–Trinajstić information content (AvgIpc) is 2.69. The van der Waals surface area contributed by atoms with Crippen molar-refractivity contribution in [2.24, 2.45) is 5.92 Å². The Morgan fingerprint density at radius 1 is 1.07 bits per heavy atom. The lowest BCUT2D eigenvalue weighted by Gasteiger charge is -2.31. The second-order valence-electron chi connectivity index (χ2n) is 6.57. The van der Waals surface area contributed by atoms with Crippen LogP contribution in [0, 0.1) is 5.92 Å². The van der Waals surface area contributed by atoms with Crippen LogP contribution in [-0.2, 0) is 9.59 Å². The summed E-state index contributed by atoms with van der Waals surface area (Å²) in [5.41, 5.74) is 0.811. The third-order valence-corrected chi connectivity index (χ3v) is 5.13. The highest BCUT2D eigenvalue weighted by molar-refractivity contribution is 9.10. The highest BCUT2D eigenvalue weighted by atomic mass is 79.9. The highest BCUT2D eigenvalue weighted by Gasteiger charge is 2.27. The number of carbonyl (C=O) groups excluding carboxylic acids is 2. The van der Waals surface area contributed by atoms with E-state index in [0.29, 0.717) is 39.0 Å². The van der Waals surface area contributed by atoms with Gasteiger partial charge in [-0.2, -0.15) is 0 Å². The normalized spacial score (nSPS) is 14.6. The largest absolute Gasteiger partial charge is 0.493 e. The number of nitrogens with zero attached hydrogens (tertiary/aromatic N) is 1. The first kappa shape index (κ1) is 19.4. The summed E-state index contributed by atoms with van der Waals surface area (Å²) in [4.78, 5) is 26.6. The summed E-state index contributed by atoms with van der Waals surface area (Å²) in [5, 5.41) is 2.95. The van der Waals surface area contributed by atoms with Crippen LogP contribution < -0.4 is 10.1 Å². The van der Waals surface area contributed by atoms with Gasteiger partial charge in [0.2, 0.25) is 11.8 Å². The SMILES string of the molecule is O=C(Nc1ccccc1)C1CCN(C(=O)CCOc2cccc(Br)c2)CC1. The molecule has 5 nitrogen and oxygen atoms in total. The molecular formula is C21H23BrN2O3. The fourth-order valence-electron chi connectivity index (χ4n) is 3.13. The van der Waals surface area contributed by atoms with E-state index in [4.69, 9.17) is 4.74 Å². The Balaban J connectivity index is 1.39. The van der Waals surface area contributed by atoms with Gasteiger partial charge in [-0.3, -0.25) is 9.59 Å². The molecule has 1 fully saturated rings. The van der Waals surface area contributed by atoms with Crippen molar-refractivity contribution in [1.29, 1.82) is 0 Å². The van der Waals surface area contributed by atoms with Crippen molar-refractivity contribution in [3.63, 3.8) is 0 Å². The quantitative estimate of drug-likeness (QED) is 0.750. The molecule has 2 aromatic carbocycles. The Hall–Kier alpha value is -2.34. The lowest BCUT2D eigenvalue weighted by atomic mass is 9.95. The molecule has 1 aliphatic rings. The van der Waals surface area contributed by atoms with Crippen molar-refractivity contribution < 1.29 is 14.3 Å². The monoisotopic (exact) mass is 430 g/mol. The molecule has 2 aromatic rings. The minimum atomic E-state index is -0.0489. The van der Waals surface area contributed by atoms with E-state index in [2.05, 4.69) is 21.2 Å². The van der Waals surface area contributed by atoms with Crippen molar-refractivity contribution >= 4 is 33.4 Å². The second-order valence-corrected chi connectivity index (χ2v) is 7.48. The number of para-hydroxylation sites is 1. The lowest BCUT2D eigenvalue weighted by Crippen LogP contribution is -2.41. The predicted molar refractivity (Wildman–Crippen MR) is 109 cm³/mol. The Morgan fingerprint density at radius 3 is 2.52 bits per heavy atom. The van der Waals surface area contributed by atoms with Gasteiger partial charge < -0.3 is 15.0 Å². The number of hydrogen-bond donors (Lipinski definition) is 1. The van der Waals surface area contributed by atoms with Crippen molar-refractivity contribution in [3.8, 4) is 5.75 Å². The van der Waals surface area contributed by atoms with Gasteiger partial charge in [-0.1, -0.05) is 40.2 Å². The third-order valence-electron chi connectivity index (χ3n) is 4.64. The van der Waals surface area contributed by atoms with E-state index >= 15 is 0 Å². The molecule has 1 saturated heterocycles. The molecule has 0 aromatic heterocycles. The summed E-state index contributed by atoms with van der Waals surface area (Å²) in [6.45, 7) is 1.58. The fourth-order valence-corrected chi connectivity index (χ4v) is 3.51. The minimum absolute atomic E-state index is 0.0336. The third kappa shape index (κ3) is 5.82. The fraction of sp³-hybridized carbons (Fsp3) is 0.333. The second kappa shape index (κ2) is 9.55. The maximum absolute atomic E-state index is 12.4. The van der Waals surface area contributed by atoms with Crippen LogP contribution in [-0.4, -0.2) is 36.4 Å². The molecule has 0 spiro atoms. The summed E-state index contributed by atoms with van der Waals surface area (Å²) in [5.74, 6) is 0.804. The Morgan fingerprint density at radius 2 is 1.81 bits per heavy atom. The number of likely N-dealkylation sites (tertiary alicyclic amines) is 1. The average molecular weight is 431 g/mol. The number of nitrogens with one attached hydrogen (secondary N) is 1. The van der Waals surface area contributed by atoms with Crippen molar-refractivity contribution in [2.75, 3.05) is 25.0 Å². The predicted octanol–water partition coefficient (Wildman–Crippen LogP) is 4.10. The first-order valence-electron chi connectivity index (χ1n) is 9.14. The molecule has 1 N–H and O–H groups in total. The summed E-state index contributed by atoms with van der Waals surface area (Å²) in [7, 11) is 0. The van der Waals surface area contributed by atoms with Crippen LogP contribution in [0.3, 0.4) is 0 Å². The number of carbonyl (C=O) groups is 2. The Kier molecular flexibility index (Phi) is 6.87. The first-order chi connectivity index (χ1) is 13.1. The van der Waals surface area contributed by atoms with E-state index in [1.807, 2.05) is 59.5 Å². The number of benzene rings is 2. The van der Waals surface area contributed by atoms with Crippen LogP contribution in [0.2, 0.25) is 0 Å². The smallest absolute Gasteiger partial charge is 0.227 e. The number of anilines is 1. The molecule has 6 heteroatoms. The molecule has 0 saturated carbocycles. The maximum atomic E-state index is 12.4. The van der Waals surface area contributed by atoms with Gasteiger partial charge in [0.05, 0.1) is 13.0 Å². The summed E-state index contributed by atoms with van der Waals surface area (Å²) in [6, 6.07) is 17.0. The van der Waals surface area contributed by atoms with Gasteiger partial charge in [0.25, 0.3) is 0 Å². The summed E-state index contributed by atoms with van der Waals surface area (Å²) >= 11 is 3.40. The van der Waals surface area contributed by atoms with E-state index in [1.165, 1.54) is 0 Å². The van der Waals surface area contributed by atoms with Crippen LogP contribution in [0.5, 0.6) is 5.75 Å². The van der Waals surface area contributed by atoms with Crippen LogP contribution in [0.4, 0.5) is 5.69 Å². The molecular weight excluding hydrogens is 408 g/mol. The molecule has 0 aliphatic carbocycles. The van der Waals surface area contributed by atoms with Crippen LogP contribution >= 0.6 is 15.9 Å². The van der Waals surface area contributed by atoms with Gasteiger partial charge in [0, 0.05) is 29.2 Å². The Bertz CT molecular complexity index is 774. The molecule has 0 atom stereocenters. The van der Waals surface area contributed by atoms with Crippen LogP contribution in [0.25, 0.3) is 0 Å². The zero-order chi connectivity index (χ0) is 19.1. The zero-order valence-electron chi connectivity index (χ0n) is 15.1. The molecule has 3 rings (SSSR count). The number of ether oxygens (including phenoxy) is 1. The van der Waals surface area contributed by atoms with E-state index in [0.717, 1.165) is 15.9 Å². The van der Waals surface area contributed by atoms with E-state index in [-0.39, 0.29) is 17.7 Å². The van der Waals surface area contributed by atoms with Crippen LogP contribution in [0.15, 0.2) is 59.1 Å². The zero-order valence-corrected chi connectivity index (χ0v) is 16.7. The number of piperidine rings is 1. The van der Waals surface area contributed by atoms with Crippen LogP contribution in [0.1, 0.15) is 19.3 Å². The summed E-state index contributed by atoms with van der Waals surface area (Å²) in [6.07, 6.45) is 1.72. The molecule has 1 aliphatic heterocycles. The molecule has 0 bridgehead atoms.